The molecule has 1 aliphatic rings. The Morgan fingerprint density at radius 3 is 2.58 bits per heavy atom. The molecule has 4 aromatic rings. The standard InChI is InChI=1S/C40H48N4O3S/c1-5-7-23-46-24-25-47-36-13-8-31(9-14-36)32-10-17-38-34(26-32)27-33(18-21-44(38)28-30(3)4)40(45)42-35-11-15-37(16-12-35)48-29-39-41-19-22-43(39)20-6-2/h6,8-17,19,22,26-27,30H,2,5,7,18,20-21,23-25,28-29H2,1,3-4H3,(H,42,45). The summed E-state index contributed by atoms with van der Waals surface area (Å²) in [6, 6.07) is 22.8. The van der Waals surface area contributed by atoms with E-state index in [0.717, 1.165) is 94.9 Å². The Morgan fingerprint density at radius 1 is 1.04 bits per heavy atom. The molecular formula is C40H48N4O3S. The van der Waals surface area contributed by atoms with E-state index in [0.29, 0.717) is 25.6 Å². The fraction of sp³-hybridized carbons (Fsp3) is 0.350. The third-order valence-corrected chi connectivity index (χ3v) is 9.17. The van der Waals surface area contributed by atoms with Crippen LogP contribution in [0.3, 0.4) is 0 Å². The van der Waals surface area contributed by atoms with Gasteiger partial charge in [0.1, 0.15) is 18.2 Å². The van der Waals surface area contributed by atoms with Gasteiger partial charge in [-0.1, -0.05) is 51.5 Å². The third kappa shape index (κ3) is 9.87. The van der Waals surface area contributed by atoms with E-state index in [2.05, 4.69) is 83.5 Å². The van der Waals surface area contributed by atoms with Gasteiger partial charge in [-0.05, 0) is 90.1 Å². The first-order valence-corrected chi connectivity index (χ1v) is 18.0. The van der Waals surface area contributed by atoms with Crippen molar-refractivity contribution in [2.45, 2.75) is 57.2 Å². The normalized spacial score (nSPS) is 12.8. The molecule has 0 saturated carbocycles. The highest BCUT2D eigenvalue weighted by Crippen LogP contribution is 2.34. The lowest BCUT2D eigenvalue weighted by Crippen LogP contribution is -2.29. The van der Waals surface area contributed by atoms with Crippen LogP contribution in [0.1, 0.15) is 51.4 Å². The number of benzene rings is 3. The van der Waals surface area contributed by atoms with Gasteiger partial charge in [-0.2, -0.15) is 0 Å². The number of amides is 1. The van der Waals surface area contributed by atoms with Crippen LogP contribution in [0.4, 0.5) is 11.4 Å². The fourth-order valence-electron chi connectivity index (χ4n) is 5.67. The zero-order valence-corrected chi connectivity index (χ0v) is 29.3. The van der Waals surface area contributed by atoms with Crippen LogP contribution in [0.2, 0.25) is 0 Å². The molecule has 0 saturated heterocycles. The SMILES string of the molecule is C=CCn1ccnc1CSc1ccc(NC(=O)C2=Cc3cc(-c4ccc(OCCOCCCC)cc4)ccc3N(CC(C)C)CC2)cc1. The maximum atomic E-state index is 13.6. The van der Waals surface area contributed by atoms with Gasteiger partial charge in [0.15, 0.2) is 0 Å². The number of carbonyl (C=O) groups excluding carboxylic acids is 1. The van der Waals surface area contributed by atoms with Gasteiger partial charge in [0, 0.05) is 60.5 Å². The van der Waals surface area contributed by atoms with Gasteiger partial charge in [0.2, 0.25) is 0 Å². The Hall–Kier alpha value is -4.27. The molecule has 1 amide bonds. The molecule has 252 valence electrons. The lowest BCUT2D eigenvalue weighted by atomic mass is 10.00. The number of fused-ring (bicyclic) bond motifs is 1. The number of aromatic nitrogens is 2. The monoisotopic (exact) mass is 664 g/mol. The molecule has 5 rings (SSSR count). The van der Waals surface area contributed by atoms with Gasteiger partial charge in [0.25, 0.3) is 5.91 Å². The quantitative estimate of drug-likeness (QED) is 0.0690. The zero-order chi connectivity index (χ0) is 33.7. The van der Waals surface area contributed by atoms with E-state index in [1.165, 1.54) is 0 Å². The van der Waals surface area contributed by atoms with Gasteiger partial charge in [0.05, 0.1) is 12.4 Å². The van der Waals surface area contributed by atoms with Gasteiger partial charge in [-0.15, -0.1) is 18.3 Å². The number of hydrogen-bond donors (Lipinski definition) is 1. The summed E-state index contributed by atoms with van der Waals surface area (Å²) in [6.07, 6.45) is 10.6. The molecule has 48 heavy (non-hydrogen) atoms. The molecule has 0 spiro atoms. The van der Waals surface area contributed by atoms with Crippen molar-refractivity contribution in [2.24, 2.45) is 5.92 Å². The summed E-state index contributed by atoms with van der Waals surface area (Å²) in [5.74, 6) is 3.04. The van der Waals surface area contributed by atoms with E-state index in [4.69, 9.17) is 9.47 Å². The highest BCUT2D eigenvalue weighted by Gasteiger charge is 2.21. The van der Waals surface area contributed by atoms with E-state index in [1.807, 2.05) is 54.9 Å². The maximum absolute atomic E-state index is 13.6. The summed E-state index contributed by atoms with van der Waals surface area (Å²) in [5, 5.41) is 3.15. The number of imidazole rings is 1. The molecule has 1 aromatic heterocycles. The van der Waals surface area contributed by atoms with Crippen LogP contribution in [-0.4, -0.2) is 48.4 Å². The topological polar surface area (TPSA) is 68.6 Å². The largest absolute Gasteiger partial charge is 0.491 e. The number of unbranched alkanes of at least 4 members (excludes halogenated alkanes) is 1. The van der Waals surface area contributed by atoms with E-state index in [1.54, 1.807) is 11.8 Å². The molecule has 0 bridgehead atoms. The molecular weight excluding hydrogens is 617 g/mol. The third-order valence-electron chi connectivity index (χ3n) is 8.16. The number of ether oxygens (including phenoxy) is 2. The van der Waals surface area contributed by atoms with Gasteiger partial charge in [-0.25, -0.2) is 4.98 Å². The fourth-order valence-corrected chi connectivity index (χ4v) is 6.54. The van der Waals surface area contributed by atoms with E-state index < -0.39 is 0 Å². The first-order chi connectivity index (χ1) is 23.4. The number of allylic oxidation sites excluding steroid dienone is 1. The van der Waals surface area contributed by atoms with Crippen LogP contribution >= 0.6 is 11.8 Å². The highest BCUT2D eigenvalue weighted by molar-refractivity contribution is 7.98. The molecule has 7 nitrogen and oxygen atoms in total. The number of anilines is 2. The van der Waals surface area contributed by atoms with E-state index in [9.17, 15) is 4.79 Å². The number of nitrogens with zero attached hydrogens (tertiary/aromatic N) is 3. The van der Waals surface area contributed by atoms with Crippen LogP contribution in [0.5, 0.6) is 5.75 Å². The predicted octanol–water partition coefficient (Wildman–Crippen LogP) is 9.11. The molecule has 1 aliphatic heterocycles. The van der Waals surface area contributed by atoms with Crippen LogP contribution in [0, 0.1) is 5.92 Å². The van der Waals surface area contributed by atoms with Crippen molar-refractivity contribution in [3.05, 3.63) is 109 Å². The van der Waals surface area contributed by atoms with Crippen molar-refractivity contribution in [1.82, 2.24) is 9.55 Å². The number of thioether (sulfide) groups is 1. The lowest BCUT2D eigenvalue weighted by molar-refractivity contribution is -0.112. The average Bonchev–Trinajstić information content (AvgIpc) is 3.46. The van der Waals surface area contributed by atoms with Crippen molar-refractivity contribution < 1.29 is 14.3 Å². The summed E-state index contributed by atoms with van der Waals surface area (Å²) in [4.78, 5) is 21.6. The Morgan fingerprint density at radius 2 is 1.83 bits per heavy atom. The summed E-state index contributed by atoms with van der Waals surface area (Å²) < 4.78 is 13.6. The molecule has 0 fully saturated rings. The molecule has 0 atom stereocenters. The summed E-state index contributed by atoms with van der Waals surface area (Å²) >= 11 is 1.72. The predicted molar refractivity (Wildman–Crippen MR) is 200 cm³/mol. The van der Waals surface area contributed by atoms with Crippen molar-refractivity contribution in [3.63, 3.8) is 0 Å². The molecule has 0 radical (unpaired) electrons. The second-order valence-electron chi connectivity index (χ2n) is 12.4. The van der Waals surface area contributed by atoms with Gasteiger partial charge >= 0.3 is 0 Å². The van der Waals surface area contributed by atoms with Crippen LogP contribution < -0.4 is 15.0 Å². The molecule has 2 heterocycles. The minimum Gasteiger partial charge on any atom is -0.491 e. The molecule has 8 heteroatoms. The number of nitrogens with one attached hydrogen (secondary N) is 1. The summed E-state index contributed by atoms with van der Waals surface area (Å²) in [7, 11) is 0. The Bertz CT molecular complexity index is 1660. The Labute approximate surface area is 290 Å². The number of rotatable bonds is 17. The van der Waals surface area contributed by atoms with Crippen molar-refractivity contribution in [1.29, 1.82) is 0 Å². The van der Waals surface area contributed by atoms with Gasteiger partial charge < -0.3 is 24.3 Å². The first kappa shape index (κ1) is 35.0. The second-order valence-corrected chi connectivity index (χ2v) is 13.5. The smallest absolute Gasteiger partial charge is 0.251 e. The lowest BCUT2D eigenvalue weighted by Gasteiger charge is -2.27. The number of carbonyl (C=O) groups is 1. The molecule has 0 unspecified atom stereocenters. The summed E-state index contributed by atoms with van der Waals surface area (Å²) in [5.41, 5.74) is 5.98. The average molecular weight is 665 g/mol. The Kier molecular flexibility index (Phi) is 13.0. The Balaban J connectivity index is 1.26. The van der Waals surface area contributed by atoms with E-state index in [-0.39, 0.29) is 5.91 Å². The molecule has 1 N–H and O–H groups in total. The van der Waals surface area contributed by atoms with E-state index >= 15 is 0 Å². The van der Waals surface area contributed by atoms with Crippen molar-refractivity contribution >= 4 is 35.1 Å². The number of hydrogen-bond acceptors (Lipinski definition) is 6. The first-order valence-electron chi connectivity index (χ1n) is 17.0. The minimum atomic E-state index is -0.0650. The molecule has 3 aromatic carbocycles. The second kappa shape index (κ2) is 17.8. The molecule has 0 aliphatic carbocycles. The minimum absolute atomic E-state index is 0.0650. The van der Waals surface area contributed by atoms with Crippen molar-refractivity contribution in [3.8, 4) is 16.9 Å². The summed E-state index contributed by atoms with van der Waals surface area (Å²) in [6.45, 7) is 14.8. The maximum Gasteiger partial charge on any atom is 0.251 e. The van der Waals surface area contributed by atoms with Crippen LogP contribution in [0.15, 0.2) is 102 Å². The van der Waals surface area contributed by atoms with Crippen molar-refractivity contribution in [2.75, 3.05) is 43.1 Å². The van der Waals surface area contributed by atoms with Crippen LogP contribution in [-0.2, 0) is 21.8 Å². The highest BCUT2D eigenvalue weighted by atomic mass is 32.2. The zero-order valence-electron chi connectivity index (χ0n) is 28.5. The van der Waals surface area contributed by atoms with Gasteiger partial charge in [-0.3, -0.25) is 4.79 Å². The van der Waals surface area contributed by atoms with Crippen LogP contribution in [0.25, 0.3) is 17.2 Å².